The maximum atomic E-state index is 8.44. The maximum absolute atomic E-state index is 8.44. The third-order valence-electron chi connectivity index (χ3n) is 0. The van der Waals surface area contributed by atoms with Crippen molar-refractivity contribution < 1.29 is 46.1 Å². The minimum absolute atomic E-state index is 0. The van der Waals surface area contributed by atoms with E-state index in [-0.39, 0.29) is 42.5 Å². The molecule has 0 aromatic rings. The topological polar surface area (TPSA) is 126 Å². The molecule has 0 bridgehead atoms. The quantitative estimate of drug-likeness (QED) is 0.348. The Morgan fingerprint density at radius 2 is 0.800 bits per heavy atom. The normalized spacial score (nSPS) is 7.00. The second kappa shape index (κ2) is 16.9. The summed E-state index contributed by atoms with van der Waals surface area (Å²) in [5, 5.41) is 0. The number of rotatable bonds is 0. The van der Waals surface area contributed by atoms with Crippen molar-refractivity contribution in [1.29, 1.82) is 0 Å². The Balaban J connectivity index is -0.0000000300. The van der Waals surface area contributed by atoms with Crippen molar-refractivity contribution in [2.45, 2.75) is 0 Å². The van der Waals surface area contributed by atoms with Gasteiger partial charge in [0, 0.05) is 0 Å². The molecule has 0 N–H and O–H groups in total. The molecule has 6 nitrogen and oxygen atoms in total. The van der Waals surface area contributed by atoms with Gasteiger partial charge in [0.1, 0.15) is 0 Å². The van der Waals surface area contributed by atoms with Crippen LogP contribution in [0.25, 0.3) is 0 Å². The van der Waals surface area contributed by atoms with Crippen LogP contribution in [-0.2, 0) is 42.2 Å². The van der Waals surface area contributed by atoms with Crippen LogP contribution in [0.4, 0.5) is 0 Å². The Morgan fingerprint density at radius 1 is 0.800 bits per heavy atom. The molecule has 0 aliphatic rings. The molecule has 0 amide bonds. The zero-order valence-electron chi connectivity index (χ0n) is 4.68. The molecule has 0 aromatic heterocycles. The summed E-state index contributed by atoms with van der Waals surface area (Å²) in [6, 6.07) is 0. The van der Waals surface area contributed by atoms with E-state index in [9.17, 15) is 0 Å². The molecule has 0 spiro atoms. The van der Waals surface area contributed by atoms with Crippen molar-refractivity contribution in [3.8, 4) is 0 Å². The summed E-state index contributed by atoms with van der Waals surface area (Å²) in [7, 11) is 0. The van der Waals surface area contributed by atoms with E-state index in [1.54, 1.807) is 0 Å². The van der Waals surface area contributed by atoms with Gasteiger partial charge in [-0.1, -0.05) is 0 Å². The van der Waals surface area contributed by atoms with E-state index >= 15 is 0 Å². The molecule has 0 rings (SSSR count). The Kier molecular flexibility index (Phi) is 38.0. The van der Waals surface area contributed by atoms with Gasteiger partial charge in [-0.2, -0.15) is 0 Å². The number of hydrogen-bond acceptors (Lipinski definition) is 6. The van der Waals surface area contributed by atoms with Gasteiger partial charge in [0.05, 0.1) is 0 Å². The molecule has 0 aromatic carbocycles. The molecule has 0 atom stereocenters. The molecule has 0 heterocycles. The molecule has 0 saturated heterocycles. The van der Waals surface area contributed by atoms with Crippen LogP contribution in [0.5, 0.6) is 0 Å². The number of hydrogen-bond donors (Lipinski definition) is 0. The smallest absolute Gasteiger partial charge is 0.784 e. The Bertz CT molecular complexity index is 73.7. The molecule has 0 saturated carbocycles. The van der Waals surface area contributed by atoms with Crippen LogP contribution in [0.3, 0.4) is 0 Å². The Hall–Kier alpha value is 1.53. The van der Waals surface area contributed by atoms with E-state index in [1.165, 1.54) is 0 Å². The summed E-state index contributed by atoms with van der Waals surface area (Å²) < 4.78 is 50.7. The molecule has 0 aliphatic carbocycles. The van der Waals surface area contributed by atoms with Crippen LogP contribution in [0.15, 0.2) is 0 Å². The fraction of sp³-hybridized carbons (Fsp3) is 0. The third-order valence-corrected chi connectivity index (χ3v) is 0. The van der Waals surface area contributed by atoms with E-state index in [0.717, 1.165) is 0 Å². The van der Waals surface area contributed by atoms with Gasteiger partial charge in [0.15, 0.2) is 0 Å². The standard InChI is InChI=1S/Mg.2H2O3S.Zn/c;2*1-4(2)3;/h;2*(H2,1,2,3);/q+2;;;+2/p-4. The fourth-order valence-electron chi connectivity index (χ4n) is 0. The van der Waals surface area contributed by atoms with Crippen molar-refractivity contribution in [3.05, 3.63) is 0 Å². The molecule has 0 aliphatic heterocycles. The van der Waals surface area contributed by atoms with Crippen LogP contribution in [-0.4, -0.2) is 49.7 Å². The van der Waals surface area contributed by atoms with Gasteiger partial charge < -0.3 is 18.2 Å². The Morgan fingerprint density at radius 3 is 0.800 bits per heavy atom. The molecule has 0 unspecified atom stereocenters. The van der Waals surface area contributed by atoms with E-state index < -0.39 is 22.7 Å². The molecule has 10 heteroatoms. The predicted molar refractivity (Wildman–Crippen MR) is 25.1 cm³/mol. The Labute approximate surface area is 91.3 Å². The van der Waals surface area contributed by atoms with Gasteiger partial charge >= 0.3 is 42.5 Å². The van der Waals surface area contributed by atoms with E-state index in [1.807, 2.05) is 0 Å². The molecule has 0 fully saturated rings. The monoisotopic (exact) mass is 248 g/mol. The van der Waals surface area contributed by atoms with Gasteiger partial charge in [-0.15, -0.1) is 22.7 Å². The first-order valence-corrected chi connectivity index (χ1v) is 3.00. The van der Waals surface area contributed by atoms with Gasteiger partial charge in [-0.3, -0.25) is 8.42 Å². The van der Waals surface area contributed by atoms with Crippen molar-refractivity contribution >= 4 is 45.8 Å². The van der Waals surface area contributed by atoms with E-state index in [0.29, 0.717) is 0 Å². The van der Waals surface area contributed by atoms with Crippen LogP contribution in [0, 0.1) is 0 Å². The molecular weight excluding hydrogens is 250 g/mol. The average Bonchev–Trinajstić information content (AvgIpc) is 1.25. The van der Waals surface area contributed by atoms with Crippen molar-refractivity contribution in [1.82, 2.24) is 0 Å². The average molecular weight is 250 g/mol. The van der Waals surface area contributed by atoms with Gasteiger partial charge in [0.25, 0.3) is 0 Å². The van der Waals surface area contributed by atoms with Crippen molar-refractivity contribution in [2.75, 3.05) is 0 Å². The van der Waals surface area contributed by atoms with Crippen molar-refractivity contribution in [2.24, 2.45) is 0 Å². The zero-order valence-corrected chi connectivity index (χ0v) is 10.7. The molecule has 10 heavy (non-hydrogen) atoms. The fourth-order valence-corrected chi connectivity index (χ4v) is 0. The van der Waals surface area contributed by atoms with Gasteiger partial charge in [-0.05, 0) is 0 Å². The minimum Gasteiger partial charge on any atom is -0.784 e. The summed E-state index contributed by atoms with van der Waals surface area (Å²) in [6.45, 7) is 0. The summed E-state index contributed by atoms with van der Waals surface area (Å²) in [5.41, 5.74) is 0. The predicted octanol–water partition coefficient (Wildman–Crippen LogP) is -2.39. The van der Waals surface area contributed by atoms with Crippen LogP contribution < -0.4 is 0 Å². The van der Waals surface area contributed by atoms with Gasteiger partial charge in [-0.25, -0.2) is 0 Å². The maximum Gasteiger partial charge on any atom is 2.00 e. The first-order chi connectivity index (χ1) is 3.46. The molecular formula is MgO6S2Zn. The SMILES string of the molecule is O=S([O-])[O-].O=S([O-])[O-].[Mg+2].[Zn+2]. The van der Waals surface area contributed by atoms with Gasteiger partial charge in [0.2, 0.25) is 0 Å². The molecule has 52 valence electrons. The first-order valence-electron chi connectivity index (χ1n) is 1.00. The largest absolute Gasteiger partial charge is 2.00 e. The minimum atomic E-state index is -3.11. The summed E-state index contributed by atoms with van der Waals surface area (Å²) in [5.74, 6) is 0. The van der Waals surface area contributed by atoms with Crippen LogP contribution in [0.1, 0.15) is 0 Å². The van der Waals surface area contributed by atoms with E-state index in [4.69, 9.17) is 26.6 Å². The third kappa shape index (κ3) is 296. The van der Waals surface area contributed by atoms with Crippen LogP contribution >= 0.6 is 0 Å². The van der Waals surface area contributed by atoms with E-state index in [2.05, 4.69) is 0 Å². The second-order valence-electron chi connectivity index (χ2n) is 0.408. The van der Waals surface area contributed by atoms with Crippen molar-refractivity contribution in [3.63, 3.8) is 0 Å². The second-order valence-corrected chi connectivity index (χ2v) is 1.22. The summed E-state index contributed by atoms with van der Waals surface area (Å²) in [4.78, 5) is 0. The van der Waals surface area contributed by atoms with Crippen LogP contribution in [0.2, 0.25) is 0 Å². The summed E-state index contributed by atoms with van der Waals surface area (Å²) >= 11 is -6.22. The summed E-state index contributed by atoms with van der Waals surface area (Å²) in [6.07, 6.45) is 0. The zero-order chi connectivity index (χ0) is 7.15. The first kappa shape index (κ1) is 22.5. The molecule has 0 radical (unpaired) electrons.